The minimum Gasteiger partial charge on any atom is -0.264 e. The number of nitrogens with zero attached hydrogens (tertiary/aromatic N) is 5. The molecule has 1 aromatic heterocycles. The number of hydrogen-bond donors (Lipinski definition) is 0. The van der Waals surface area contributed by atoms with E-state index in [4.69, 9.17) is 28.5 Å². The summed E-state index contributed by atoms with van der Waals surface area (Å²) in [5, 5.41) is 22.6. The summed E-state index contributed by atoms with van der Waals surface area (Å²) in [6.07, 6.45) is -3.32. The summed E-state index contributed by atoms with van der Waals surface area (Å²) < 4.78 is 38.4. The van der Waals surface area contributed by atoms with E-state index in [2.05, 4.69) is 10.1 Å². The molecule has 1 heterocycles. The summed E-state index contributed by atoms with van der Waals surface area (Å²) in [6.45, 7) is 0. The van der Waals surface area contributed by atoms with Crippen molar-refractivity contribution in [2.75, 3.05) is 12.1 Å². The van der Waals surface area contributed by atoms with Crippen LogP contribution in [0, 0.1) is 22.7 Å². The first-order valence-electron chi connectivity index (χ1n) is 6.82. The monoisotopic (exact) mass is 397 g/mol. The van der Waals surface area contributed by atoms with Crippen molar-refractivity contribution < 1.29 is 13.2 Å². The highest BCUT2D eigenvalue weighted by molar-refractivity contribution is 6.39. The SMILES string of the molecule is CN(N=C(C#N)c1ccc(C#N)nc1)c1c(Cl)cc(C(F)(F)F)cc1Cl. The molecule has 0 radical (unpaired) electrons. The quantitative estimate of drug-likeness (QED) is 0.558. The Morgan fingerprint density at radius 3 is 2.23 bits per heavy atom. The Kier molecular flexibility index (Phi) is 5.71. The topological polar surface area (TPSA) is 76.1 Å². The normalized spacial score (nSPS) is 11.6. The molecule has 1 aromatic carbocycles. The van der Waals surface area contributed by atoms with Crippen LogP contribution in [0.3, 0.4) is 0 Å². The molecule has 0 unspecified atom stereocenters. The molecule has 0 spiro atoms. The second kappa shape index (κ2) is 7.61. The van der Waals surface area contributed by atoms with Crippen molar-refractivity contribution in [3.05, 3.63) is 57.3 Å². The van der Waals surface area contributed by atoms with E-state index in [1.54, 1.807) is 0 Å². The maximum absolute atomic E-state index is 12.8. The predicted molar refractivity (Wildman–Crippen MR) is 91.0 cm³/mol. The zero-order valence-electron chi connectivity index (χ0n) is 13.0. The van der Waals surface area contributed by atoms with Crippen molar-refractivity contribution in [3.63, 3.8) is 0 Å². The molecular weight excluding hydrogens is 390 g/mol. The van der Waals surface area contributed by atoms with E-state index in [9.17, 15) is 18.4 Å². The van der Waals surface area contributed by atoms with Gasteiger partial charge in [0.2, 0.25) is 0 Å². The molecule has 26 heavy (non-hydrogen) atoms. The molecule has 0 aliphatic heterocycles. The molecule has 0 aliphatic carbocycles. The summed E-state index contributed by atoms with van der Waals surface area (Å²) >= 11 is 11.8. The van der Waals surface area contributed by atoms with Gasteiger partial charge in [0.1, 0.15) is 17.8 Å². The zero-order valence-corrected chi connectivity index (χ0v) is 14.5. The molecule has 0 saturated heterocycles. The molecule has 2 aromatic rings. The maximum atomic E-state index is 12.8. The Bertz CT molecular complexity index is 917. The fourth-order valence-electron chi connectivity index (χ4n) is 1.98. The van der Waals surface area contributed by atoms with E-state index < -0.39 is 11.7 Å². The fourth-order valence-corrected chi connectivity index (χ4v) is 2.71. The molecule has 10 heteroatoms. The van der Waals surface area contributed by atoms with Gasteiger partial charge in [0, 0.05) is 18.8 Å². The molecule has 0 aliphatic rings. The van der Waals surface area contributed by atoms with Crippen LogP contribution in [0.1, 0.15) is 16.8 Å². The van der Waals surface area contributed by atoms with Crippen LogP contribution in [-0.2, 0) is 6.18 Å². The zero-order chi connectivity index (χ0) is 19.5. The summed E-state index contributed by atoms with van der Waals surface area (Å²) in [4.78, 5) is 3.83. The molecule has 0 fully saturated rings. The molecule has 0 amide bonds. The van der Waals surface area contributed by atoms with Crippen LogP contribution in [0.25, 0.3) is 0 Å². The van der Waals surface area contributed by atoms with Gasteiger partial charge in [-0.15, -0.1) is 0 Å². The van der Waals surface area contributed by atoms with Gasteiger partial charge >= 0.3 is 6.18 Å². The highest BCUT2D eigenvalue weighted by atomic mass is 35.5. The van der Waals surface area contributed by atoms with Crippen molar-refractivity contribution >= 4 is 34.6 Å². The van der Waals surface area contributed by atoms with Crippen molar-refractivity contribution in [3.8, 4) is 12.1 Å². The first-order chi connectivity index (χ1) is 12.2. The van der Waals surface area contributed by atoms with Gasteiger partial charge in [0.25, 0.3) is 0 Å². The summed E-state index contributed by atoms with van der Waals surface area (Å²) in [5.74, 6) is 0. The van der Waals surface area contributed by atoms with Crippen LogP contribution in [0.15, 0.2) is 35.6 Å². The van der Waals surface area contributed by atoms with Crippen LogP contribution in [0.2, 0.25) is 10.0 Å². The third-order valence-electron chi connectivity index (χ3n) is 3.18. The van der Waals surface area contributed by atoms with Crippen molar-refractivity contribution in [2.24, 2.45) is 5.10 Å². The molecule has 132 valence electrons. The number of nitriles is 2. The van der Waals surface area contributed by atoms with Crippen LogP contribution in [0.4, 0.5) is 18.9 Å². The van der Waals surface area contributed by atoms with Crippen molar-refractivity contribution in [2.45, 2.75) is 6.18 Å². The van der Waals surface area contributed by atoms with Crippen LogP contribution >= 0.6 is 23.2 Å². The van der Waals surface area contributed by atoms with E-state index in [1.165, 1.54) is 25.4 Å². The summed E-state index contributed by atoms with van der Waals surface area (Å²) in [5.41, 5.74) is -0.594. The van der Waals surface area contributed by atoms with E-state index in [0.717, 1.165) is 17.1 Å². The van der Waals surface area contributed by atoms with Gasteiger partial charge in [0.05, 0.1) is 21.3 Å². The molecule has 5 nitrogen and oxygen atoms in total. The Labute approximate surface area is 156 Å². The Hall–Kier alpha value is -2.81. The summed E-state index contributed by atoms with van der Waals surface area (Å²) in [6, 6.07) is 8.01. The van der Waals surface area contributed by atoms with Gasteiger partial charge in [-0.25, -0.2) is 4.98 Å². The smallest absolute Gasteiger partial charge is 0.264 e. The predicted octanol–water partition coefficient (Wildman–Crippen LogP) is 4.64. The second-order valence-corrected chi connectivity index (χ2v) is 5.73. The number of anilines is 1. The van der Waals surface area contributed by atoms with Gasteiger partial charge in [-0.05, 0) is 24.3 Å². The highest BCUT2D eigenvalue weighted by Gasteiger charge is 2.32. The third-order valence-corrected chi connectivity index (χ3v) is 3.75. The van der Waals surface area contributed by atoms with Crippen LogP contribution in [-0.4, -0.2) is 17.7 Å². The van der Waals surface area contributed by atoms with Crippen molar-refractivity contribution in [1.29, 1.82) is 10.5 Å². The first kappa shape index (κ1) is 19.5. The van der Waals surface area contributed by atoms with Crippen LogP contribution < -0.4 is 5.01 Å². The van der Waals surface area contributed by atoms with Gasteiger partial charge in [-0.3, -0.25) is 5.01 Å². The summed E-state index contributed by atoms with van der Waals surface area (Å²) in [7, 11) is 1.38. The first-order valence-corrected chi connectivity index (χ1v) is 7.58. The molecule has 0 N–H and O–H groups in total. The lowest BCUT2D eigenvalue weighted by atomic mass is 10.2. The Balaban J connectivity index is 2.44. The second-order valence-electron chi connectivity index (χ2n) is 4.91. The Morgan fingerprint density at radius 2 is 1.81 bits per heavy atom. The number of hydrazone groups is 1. The minimum atomic E-state index is -4.60. The van der Waals surface area contributed by atoms with E-state index in [0.29, 0.717) is 5.56 Å². The average molecular weight is 398 g/mol. The van der Waals surface area contributed by atoms with Crippen LogP contribution in [0.5, 0.6) is 0 Å². The number of hydrogen-bond acceptors (Lipinski definition) is 5. The van der Waals surface area contributed by atoms with Gasteiger partial charge < -0.3 is 0 Å². The van der Waals surface area contributed by atoms with Gasteiger partial charge in [-0.2, -0.15) is 28.8 Å². The fraction of sp³-hybridized carbons (Fsp3) is 0.125. The average Bonchev–Trinajstić information content (AvgIpc) is 2.58. The molecular formula is C16H8Cl2F3N5. The van der Waals surface area contributed by atoms with Gasteiger partial charge in [-0.1, -0.05) is 23.2 Å². The van der Waals surface area contributed by atoms with Crippen molar-refractivity contribution in [1.82, 2.24) is 4.98 Å². The molecule has 0 bridgehead atoms. The van der Waals surface area contributed by atoms with E-state index in [1.807, 2.05) is 12.1 Å². The Morgan fingerprint density at radius 1 is 1.19 bits per heavy atom. The van der Waals surface area contributed by atoms with E-state index in [-0.39, 0.29) is 27.1 Å². The molecule has 0 atom stereocenters. The molecule has 0 saturated carbocycles. The standard InChI is InChI=1S/C16H8Cl2F3N5/c1-26(15-12(17)4-10(5-13(15)18)16(19,20)21)25-14(7-23)9-2-3-11(6-22)24-8-9/h2-5,8H,1H3. The van der Waals surface area contributed by atoms with E-state index >= 15 is 0 Å². The molecule has 2 rings (SSSR count). The lowest BCUT2D eigenvalue weighted by molar-refractivity contribution is -0.137. The third kappa shape index (κ3) is 4.23. The number of benzene rings is 1. The number of aromatic nitrogens is 1. The number of halogens is 5. The lowest BCUT2D eigenvalue weighted by Gasteiger charge is -2.18. The number of rotatable bonds is 3. The lowest BCUT2D eigenvalue weighted by Crippen LogP contribution is -2.15. The minimum absolute atomic E-state index is 0.00990. The maximum Gasteiger partial charge on any atom is 0.416 e. The largest absolute Gasteiger partial charge is 0.416 e. The number of alkyl halides is 3. The van der Waals surface area contributed by atoms with Gasteiger partial charge in [0.15, 0.2) is 5.71 Å². The number of pyridine rings is 1. The highest BCUT2D eigenvalue weighted by Crippen LogP contribution is 2.40.